The standard InChI is InChI=1S/C17H19BrN4O/c18-12-5-4-8-14(9-12)21-16-11-19-15(10-20-16)17(23)22-13-6-2-1-3-7-13/h4-5,8-11,13H,1-3,6-7H2,(H,20,21)(H,22,23). The number of nitrogens with one attached hydrogen (secondary N) is 2. The van der Waals surface area contributed by atoms with Crippen molar-refractivity contribution in [3.05, 3.63) is 46.8 Å². The van der Waals surface area contributed by atoms with Crippen molar-refractivity contribution in [3.63, 3.8) is 0 Å². The van der Waals surface area contributed by atoms with E-state index in [0.717, 1.165) is 23.0 Å². The number of carbonyl (C=O) groups is 1. The van der Waals surface area contributed by atoms with E-state index in [1.807, 2.05) is 24.3 Å². The number of amides is 1. The van der Waals surface area contributed by atoms with Crippen LogP contribution in [-0.4, -0.2) is 21.9 Å². The predicted molar refractivity (Wildman–Crippen MR) is 93.8 cm³/mol. The van der Waals surface area contributed by atoms with Crippen molar-refractivity contribution in [3.8, 4) is 0 Å². The van der Waals surface area contributed by atoms with E-state index in [9.17, 15) is 4.79 Å². The molecule has 23 heavy (non-hydrogen) atoms. The molecular formula is C17H19BrN4O. The SMILES string of the molecule is O=C(NC1CCCCC1)c1cnc(Nc2cccc(Br)c2)cn1. The molecule has 2 N–H and O–H groups in total. The highest BCUT2D eigenvalue weighted by Crippen LogP contribution is 2.19. The Labute approximate surface area is 144 Å². The van der Waals surface area contributed by atoms with Gasteiger partial charge in [-0.3, -0.25) is 4.79 Å². The summed E-state index contributed by atoms with van der Waals surface area (Å²) in [4.78, 5) is 20.7. The van der Waals surface area contributed by atoms with Gasteiger partial charge in [-0.25, -0.2) is 9.97 Å². The summed E-state index contributed by atoms with van der Waals surface area (Å²) >= 11 is 3.42. The zero-order chi connectivity index (χ0) is 16.1. The first kappa shape index (κ1) is 15.9. The van der Waals surface area contributed by atoms with Gasteiger partial charge in [0.2, 0.25) is 0 Å². The molecule has 2 aromatic rings. The maximum absolute atomic E-state index is 12.2. The van der Waals surface area contributed by atoms with Crippen LogP contribution in [0.2, 0.25) is 0 Å². The molecule has 120 valence electrons. The number of benzene rings is 1. The molecule has 0 radical (unpaired) electrons. The third kappa shape index (κ3) is 4.51. The highest BCUT2D eigenvalue weighted by atomic mass is 79.9. The van der Waals surface area contributed by atoms with Gasteiger partial charge < -0.3 is 10.6 Å². The van der Waals surface area contributed by atoms with Crippen molar-refractivity contribution in [2.24, 2.45) is 0 Å². The molecule has 0 saturated heterocycles. The second kappa shape index (κ2) is 7.55. The Hall–Kier alpha value is -1.95. The molecule has 0 spiro atoms. The van der Waals surface area contributed by atoms with Crippen LogP contribution in [0.3, 0.4) is 0 Å². The maximum atomic E-state index is 12.2. The van der Waals surface area contributed by atoms with Crippen LogP contribution in [0.5, 0.6) is 0 Å². The summed E-state index contributed by atoms with van der Waals surface area (Å²) in [6, 6.07) is 8.06. The van der Waals surface area contributed by atoms with Crippen LogP contribution in [0.25, 0.3) is 0 Å². The van der Waals surface area contributed by atoms with Crippen LogP contribution in [0, 0.1) is 0 Å². The summed E-state index contributed by atoms with van der Waals surface area (Å²) in [5.41, 5.74) is 1.27. The van der Waals surface area contributed by atoms with E-state index >= 15 is 0 Å². The Balaban J connectivity index is 1.61. The Morgan fingerprint density at radius 1 is 1.13 bits per heavy atom. The molecule has 3 rings (SSSR count). The first-order chi connectivity index (χ1) is 11.2. The van der Waals surface area contributed by atoms with Crippen LogP contribution >= 0.6 is 15.9 Å². The number of carbonyl (C=O) groups excluding carboxylic acids is 1. The van der Waals surface area contributed by atoms with Gasteiger partial charge >= 0.3 is 0 Å². The van der Waals surface area contributed by atoms with Gasteiger partial charge in [0.25, 0.3) is 5.91 Å². The van der Waals surface area contributed by atoms with Gasteiger partial charge in [-0.05, 0) is 31.0 Å². The first-order valence-electron chi connectivity index (χ1n) is 7.86. The second-order valence-electron chi connectivity index (χ2n) is 5.73. The van der Waals surface area contributed by atoms with Gasteiger partial charge in [-0.15, -0.1) is 0 Å². The molecule has 0 aliphatic heterocycles. The quantitative estimate of drug-likeness (QED) is 0.846. The van der Waals surface area contributed by atoms with Gasteiger partial charge in [0.15, 0.2) is 0 Å². The van der Waals surface area contributed by atoms with E-state index in [0.29, 0.717) is 11.5 Å². The molecule has 1 aromatic heterocycles. The van der Waals surface area contributed by atoms with Crippen LogP contribution < -0.4 is 10.6 Å². The van der Waals surface area contributed by atoms with Crippen molar-refractivity contribution in [1.82, 2.24) is 15.3 Å². The summed E-state index contributed by atoms with van der Waals surface area (Å²) in [5.74, 6) is 0.468. The Kier molecular flexibility index (Phi) is 5.23. The third-order valence-corrected chi connectivity index (χ3v) is 4.42. The lowest BCUT2D eigenvalue weighted by atomic mass is 9.95. The summed E-state index contributed by atoms with van der Waals surface area (Å²) < 4.78 is 0.985. The number of nitrogens with zero attached hydrogens (tertiary/aromatic N) is 2. The zero-order valence-corrected chi connectivity index (χ0v) is 14.3. The summed E-state index contributed by atoms with van der Waals surface area (Å²) in [6.45, 7) is 0. The maximum Gasteiger partial charge on any atom is 0.271 e. The summed E-state index contributed by atoms with van der Waals surface area (Å²) in [7, 11) is 0. The van der Waals surface area contributed by atoms with Crippen molar-refractivity contribution in [1.29, 1.82) is 0 Å². The average Bonchev–Trinajstić information content (AvgIpc) is 2.56. The van der Waals surface area contributed by atoms with Crippen molar-refractivity contribution in [2.75, 3.05) is 5.32 Å². The van der Waals surface area contributed by atoms with Gasteiger partial charge in [-0.2, -0.15) is 0 Å². The van der Waals surface area contributed by atoms with E-state index in [2.05, 4.69) is 36.5 Å². The second-order valence-corrected chi connectivity index (χ2v) is 6.65. The molecule has 0 atom stereocenters. The smallest absolute Gasteiger partial charge is 0.271 e. The fourth-order valence-electron chi connectivity index (χ4n) is 2.73. The molecule has 1 aromatic carbocycles. The van der Waals surface area contributed by atoms with Crippen LogP contribution in [0.1, 0.15) is 42.6 Å². The third-order valence-electron chi connectivity index (χ3n) is 3.92. The summed E-state index contributed by atoms with van der Waals surface area (Å²) in [5, 5.41) is 6.20. The molecule has 5 nitrogen and oxygen atoms in total. The molecular weight excluding hydrogens is 356 g/mol. The van der Waals surface area contributed by atoms with E-state index in [4.69, 9.17) is 0 Å². The van der Waals surface area contributed by atoms with Gasteiger partial charge in [0, 0.05) is 16.2 Å². The Morgan fingerprint density at radius 2 is 1.96 bits per heavy atom. The molecule has 6 heteroatoms. The number of rotatable bonds is 4. The topological polar surface area (TPSA) is 66.9 Å². The van der Waals surface area contributed by atoms with E-state index in [1.54, 1.807) is 6.20 Å². The Morgan fingerprint density at radius 3 is 2.65 bits per heavy atom. The van der Waals surface area contributed by atoms with Crippen LogP contribution in [0.15, 0.2) is 41.1 Å². The van der Waals surface area contributed by atoms with E-state index < -0.39 is 0 Å². The normalized spacial score (nSPS) is 15.2. The lowest BCUT2D eigenvalue weighted by Crippen LogP contribution is -2.36. The molecule has 1 aliphatic rings. The number of aromatic nitrogens is 2. The minimum atomic E-state index is -0.140. The minimum Gasteiger partial charge on any atom is -0.348 e. The number of hydrogen-bond donors (Lipinski definition) is 2. The van der Waals surface area contributed by atoms with Crippen LogP contribution in [-0.2, 0) is 0 Å². The lowest BCUT2D eigenvalue weighted by Gasteiger charge is -2.22. The fourth-order valence-corrected chi connectivity index (χ4v) is 3.13. The molecule has 1 aliphatic carbocycles. The molecule has 1 amide bonds. The van der Waals surface area contributed by atoms with Gasteiger partial charge in [0.1, 0.15) is 11.5 Å². The van der Waals surface area contributed by atoms with E-state index in [-0.39, 0.29) is 11.9 Å². The number of hydrogen-bond acceptors (Lipinski definition) is 4. The van der Waals surface area contributed by atoms with Crippen molar-refractivity contribution >= 4 is 33.3 Å². The summed E-state index contributed by atoms with van der Waals surface area (Å²) in [6.07, 6.45) is 8.85. The highest BCUT2D eigenvalue weighted by Gasteiger charge is 2.17. The Bertz CT molecular complexity index is 669. The van der Waals surface area contributed by atoms with Crippen molar-refractivity contribution in [2.45, 2.75) is 38.1 Å². The van der Waals surface area contributed by atoms with Gasteiger partial charge in [-0.1, -0.05) is 41.3 Å². The lowest BCUT2D eigenvalue weighted by molar-refractivity contribution is 0.0922. The molecule has 1 fully saturated rings. The number of anilines is 2. The zero-order valence-electron chi connectivity index (χ0n) is 12.8. The monoisotopic (exact) mass is 374 g/mol. The van der Waals surface area contributed by atoms with Crippen LogP contribution in [0.4, 0.5) is 11.5 Å². The molecule has 0 unspecified atom stereocenters. The largest absolute Gasteiger partial charge is 0.348 e. The average molecular weight is 375 g/mol. The van der Waals surface area contributed by atoms with Gasteiger partial charge in [0.05, 0.1) is 12.4 Å². The molecule has 1 saturated carbocycles. The fraction of sp³-hybridized carbons (Fsp3) is 0.353. The number of halogens is 1. The van der Waals surface area contributed by atoms with E-state index in [1.165, 1.54) is 25.5 Å². The van der Waals surface area contributed by atoms with Crippen molar-refractivity contribution < 1.29 is 4.79 Å². The predicted octanol–water partition coefficient (Wildman–Crippen LogP) is 4.05. The molecule has 0 bridgehead atoms. The minimum absolute atomic E-state index is 0.140. The first-order valence-corrected chi connectivity index (χ1v) is 8.65. The highest BCUT2D eigenvalue weighted by molar-refractivity contribution is 9.10. The molecule has 1 heterocycles.